The van der Waals surface area contributed by atoms with Crippen LogP contribution in [0.15, 0.2) is 83.3 Å². The van der Waals surface area contributed by atoms with Crippen molar-refractivity contribution >= 4 is 33.4 Å². The molecule has 5 aromatic rings. The zero-order valence-electron chi connectivity index (χ0n) is 19.7. The third-order valence-electron chi connectivity index (χ3n) is 6.89. The number of aryl methyl sites for hydroxylation is 2. The second kappa shape index (κ2) is 7.22. The molecule has 1 aliphatic rings. The molecule has 0 aliphatic carbocycles. The van der Waals surface area contributed by atoms with Crippen LogP contribution in [0.5, 0.6) is 0 Å². The van der Waals surface area contributed by atoms with Gasteiger partial charge >= 0.3 is 5.97 Å². The average Bonchev–Trinajstić information content (AvgIpc) is 3.34. The van der Waals surface area contributed by atoms with E-state index < -0.39 is 11.6 Å². The minimum Gasteiger partial charge on any atom is -0.449 e. The molecular formula is C30H25NO3. The first kappa shape index (κ1) is 20.5. The number of cyclic esters (lactones) is 1. The fraction of sp³-hybridized carbons (Fsp3) is 0.167. The van der Waals surface area contributed by atoms with Gasteiger partial charge in [-0.05, 0) is 60.5 Å². The molecule has 0 saturated carbocycles. The topological polar surface area (TPSA) is 42.7 Å². The Morgan fingerprint density at radius 3 is 2.38 bits per heavy atom. The molecule has 0 fully saturated rings. The Morgan fingerprint density at radius 1 is 0.824 bits per heavy atom. The van der Waals surface area contributed by atoms with Crippen LogP contribution in [-0.4, -0.2) is 20.1 Å². The summed E-state index contributed by atoms with van der Waals surface area (Å²) >= 11 is 0. The molecule has 0 N–H and O–H groups in total. The first-order chi connectivity index (χ1) is 16.4. The van der Waals surface area contributed by atoms with Gasteiger partial charge in [0.25, 0.3) is 0 Å². The molecule has 0 bridgehead atoms. The molecular weight excluding hydrogens is 422 g/mol. The highest BCUT2D eigenvalue weighted by Crippen LogP contribution is 2.52. The molecule has 34 heavy (non-hydrogen) atoms. The second-order valence-electron chi connectivity index (χ2n) is 9.33. The van der Waals surface area contributed by atoms with Crippen LogP contribution in [-0.2, 0) is 10.3 Å². The minimum atomic E-state index is -1.11. The molecule has 2 heterocycles. The van der Waals surface area contributed by atoms with Gasteiger partial charge < -0.3 is 14.1 Å². The number of furan rings is 1. The fourth-order valence-electron chi connectivity index (χ4n) is 5.22. The normalized spacial score (nSPS) is 17.2. The number of fused-ring (bicyclic) bond motifs is 4. The molecule has 1 aromatic heterocycles. The van der Waals surface area contributed by atoms with E-state index >= 15 is 0 Å². The standard InChI is InChI=1S/C30H25NO3/c1-18-9-14-26-24(15-18)27-28(33-26)29(32)34-30(27,25-13-12-23(31(3)4)16-19(25)2)22-11-10-20-7-5-6-8-21(20)17-22/h5-17H,1-4H3. The van der Waals surface area contributed by atoms with Gasteiger partial charge in [0, 0.05) is 36.3 Å². The van der Waals surface area contributed by atoms with Crippen molar-refractivity contribution < 1.29 is 13.9 Å². The van der Waals surface area contributed by atoms with Crippen LogP contribution in [0.1, 0.15) is 38.4 Å². The van der Waals surface area contributed by atoms with Gasteiger partial charge in [0.05, 0.1) is 5.56 Å². The molecule has 168 valence electrons. The van der Waals surface area contributed by atoms with Crippen molar-refractivity contribution in [3.63, 3.8) is 0 Å². The Morgan fingerprint density at radius 2 is 1.62 bits per heavy atom. The Labute approximate surface area is 198 Å². The number of benzene rings is 4. The van der Waals surface area contributed by atoms with Crippen molar-refractivity contribution in [1.29, 1.82) is 0 Å². The number of hydrogen-bond donors (Lipinski definition) is 0. The number of rotatable bonds is 3. The van der Waals surface area contributed by atoms with Crippen LogP contribution in [0, 0.1) is 13.8 Å². The van der Waals surface area contributed by atoms with Crippen LogP contribution in [0.4, 0.5) is 5.69 Å². The highest BCUT2D eigenvalue weighted by atomic mass is 16.6. The van der Waals surface area contributed by atoms with E-state index in [4.69, 9.17) is 9.15 Å². The highest BCUT2D eigenvalue weighted by molar-refractivity contribution is 6.02. The average molecular weight is 448 g/mol. The van der Waals surface area contributed by atoms with Gasteiger partial charge in [0.15, 0.2) is 5.60 Å². The smallest absolute Gasteiger partial charge is 0.376 e. The van der Waals surface area contributed by atoms with E-state index in [0.29, 0.717) is 5.58 Å². The molecule has 0 amide bonds. The number of anilines is 1. The Kier molecular flexibility index (Phi) is 4.37. The van der Waals surface area contributed by atoms with Gasteiger partial charge in [0.2, 0.25) is 5.76 Å². The van der Waals surface area contributed by atoms with E-state index in [1.165, 1.54) is 0 Å². The number of carbonyl (C=O) groups excluding carboxylic acids is 1. The fourth-order valence-corrected chi connectivity index (χ4v) is 5.22. The maximum atomic E-state index is 13.3. The zero-order valence-corrected chi connectivity index (χ0v) is 19.7. The van der Waals surface area contributed by atoms with Crippen molar-refractivity contribution in [2.75, 3.05) is 19.0 Å². The summed E-state index contributed by atoms with van der Waals surface area (Å²) < 4.78 is 12.4. The molecule has 1 atom stereocenters. The molecule has 0 radical (unpaired) electrons. The summed E-state index contributed by atoms with van der Waals surface area (Å²) in [6.07, 6.45) is 0. The van der Waals surface area contributed by atoms with Gasteiger partial charge in [-0.3, -0.25) is 0 Å². The molecule has 1 aliphatic heterocycles. The number of hydrogen-bond acceptors (Lipinski definition) is 4. The lowest BCUT2D eigenvalue weighted by Crippen LogP contribution is -2.30. The first-order valence-corrected chi connectivity index (χ1v) is 11.4. The van der Waals surface area contributed by atoms with Crippen LogP contribution >= 0.6 is 0 Å². The van der Waals surface area contributed by atoms with Crippen molar-refractivity contribution in [2.45, 2.75) is 19.4 Å². The highest BCUT2D eigenvalue weighted by Gasteiger charge is 2.53. The molecule has 1 unspecified atom stereocenters. The third-order valence-corrected chi connectivity index (χ3v) is 6.89. The van der Waals surface area contributed by atoms with Crippen LogP contribution in [0.3, 0.4) is 0 Å². The van der Waals surface area contributed by atoms with Crippen LogP contribution < -0.4 is 4.90 Å². The Bertz CT molecular complexity index is 1610. The summed E-state index contributed by atoms with van der Waals surface area (Å²) in [5.74, 6) is -0.155. The van der Waals surface area contributed by atoms with E-state index in [1.54, 1.807) is 0 Å². The molecule has 4 heteroatoms. The van der Waals surface area contributed by atoms with Gasteiger partial charge in [-0.2, -0.15) is 0 Å². The largest absolute Gasteiger partial charge is 0.449 e. The van der Waals surface area contributed by atoms with Crippen molar-refractivity contribution in [2.24, 2.45) is 0 Å². The SMILES string of the molecule is Cc1ccc2oc3c(c2c1)C(c1ccc2ccccc2c1)(c1ccc(N(C)C)cc1C)OC3=O. The predicted molar refractivity (Wildman–Crippen MR) is 136 cm³/mol. The Hall–Kier alpha value is -4.05. The quantitative estimate of drug-likeness (QED) is 0.288. The molecule has 0 spiro atoms. The first-order valence-electron chi connectivity index (χ1n) is 11.4. The minimum absolute atomic E-state index is 0.282. The zero-order chi connectivity index (χ0) is 23.6. The lowest BCUT2D eigenvalue weighted by molar-refractivity contribution is 0.0235. The maximum absolute atomic E-state index is 13.3. The maximum Gasteiger partial charge on any atom is 0.376 e. The van der Waals surface area contributed by atoms with Gasteiger partial charge in [-0.25, -0.2) is 4.79 Å². The summed E-state index contributed by atoms with van der Waals surface area (Å²) in [5.41, 5.74) is 5.45. The summed E-state index contributed by atoms with van der Waals surface area (Å²) in [6, 6.07) is 26.8. The molecule has 0 saturated heterocycles. The number of carbonyl (C=O) groups is 1. The monoisotopic (exact) mass is 447 g/mol. The summed E-state index contributed by atoms with van der Waals surface area (Å²) in [4.78, 5) is 15.4. The van der Waals surface area contributed by atoms with E-state index in [9.17, 15) is 4.79 Å². The molecule has 4 nitrogen and oxygen atoms in total. The lowest BCUT2D eigenvalue weighted by atomic mass is 9.77. The third kappa shape index (κ3) is 2.81. The van der Waals surface area contributed by atoms with E-state index in [1.807, 2.05) is 45.3 Å². The van der Waals surface area contributed by atoms with E-state index in [2.05, 4.69) is 66.4 Å². The molecule has 4 aromatic carbocycles. The van der Waals surface area contributed by atoms with E-state index in [0.717, 1.165) is 49.7 Å². The van der Waals surface area contributed by atoms with Gasteiger partial charge in [0.1, 0.15) is 5.58 Å². The van der Waals surface area contributed by atoms with Crippen molar-refractivity contribution in [3.8, 4) is 0 Å². The lowest BCUT2D eigenvalue weighted by Gasteiger charge is -2.32. The van der Waals surface area contributed by atoms with Crippen LogP contribution in [0.2, 0.25) is 0 Å². The van der Waals surface area contributed by atoms with Crippen molar-refractivity contribution in [3.05, 3.63) is 112 Å². The second-order valence-corrected chi connectivity index (χ2v) is 9.33. The number of esters is 1. The van der Waals surface area contributed by atoms with Gasteiger partial charge in [-0.1, -0.05) is 54.1 Å². The number of ether oxygens (including phenoxy) is 1. The predicted octanol–water partition coefficient (Wildman–Crippen LogP) is 6.73. The Balaban J connectivity index is 1.73. The number of nitrogens with zero attached hydrogens (tertiary/aromatic N) is 1. The van der Waals surface area contributed by atoms with Crippen LogP contribution in [0.25, 0.3) is 21.7 Å². The summed E-state index contributed by atoms with van der Waals surface area (Å²) in [6.45, 7) is 4.12. The van der Waals surface area contributed by atoms with E-state index in [-0.39, 0.29) is 5.76 Å². The summed E-state index contributed by atoms with van der Waals surface area (Å²) in [5, 5.41) is 3.14. The molecule has 6 rings (SSSR count). The summed E-state index contributed by atoms with van der Waals surface area (Å²) in [7, 11) is 4.04. The van der Waals surface area contributed by atoms with Gasteiger partial charge in [-0.15, -0.1) is 0 Å². The van der Waals surface area contributed by atoms with Crippen molar-refractivity contribution in [1.82, 2.24) is 0 Å².